The number of methoxy groups -OCH3 is 1. The second-order valence-corrected chi connectivity index (χ2v) is 5.64. The molecule has 2 rings (SSSR count). The largest absolute Gasteiger partial charge is 0.496 e. The molecule has 0 atom stereocenters. The summed E-state index contributed by atoms with van der Waals surface area (Å²) < 4.78 is 5.30. The molecule has 3 heteroatoms. The molecule has 1 saturated heterocycles. The molecule has 1 heterocycles. The molecule has 1 aliphatic heterocycles. The van der Waals surface area contributed by atoms with E-state index >= 15 is 0 Å². The van der Waals surface area contributed by atoms with Crippen molar-refractivity contribution in [2.45, 2.75) is 39.5 Å². The van der Waals surface area contributed by atoms with E-state index in [1.165, 1.54) is 19.3 Å². The Hall–Kier alpha value is -1.35. The first-order valence-corrected chi connectivity index (χ1v) is 7.53. The summed E-state index contributed by atoms with van der Waals surface area (Å²) in [6.07, 6.45) is 4.50. The minimum atomic E-state index is 0.249. The number of Topliss-reactive ketones (excluding diaryl/α,β-unsaturated/α-hetero) is 1. The van der Waals surface area contributed by atoms with Gasteiger partial charge in [0.2, 0.25) is 0 Å². The summed E-state index contributed by atoms with van der Waals surface area (Å²) in [6.45, 7) is 7.20. The van der Waals surface area contributed by atoms with Crippen LogP contribution in [0.3, 0.4) is 0 Å². The van der Waals surface area contributed by atoms with Crippen LogP contribution in [-0.4, -0.2) is 37.4 Å². The van der Waals surface area contributed by atoms with E-state index in [1.54, 1.807) is 7.11 Å². The number of piperidine rings is 1. The van der Waals surface area contributed by atoms with Gasteiger partial charge in [-0.3, -0.25) is 4.79 Å². The molecule has 0 amide bonds. The van der Waals surface area contributed by atoms with Crippen LogP contribution < -0.4 is 4.74 Å². The third kappa shape index (κ3) is 3.40. The summed E-state index contributed by atoms with van der Waals surface area (Å²) in [4.78, 5) is 14.8. The molecule has 0 spiro atoms. The van der Waals surface area contributed by atoms with Gasteiger partial charge in [0.05, 0.1) is 7.11 Å². The van der Waals surface area contributed by atoms with E-state index in [0.717, 1.165) is 42.1 Å². The Balaban J connectivity index is 2.00. The van der Waals surface area contributed by atoms with Crippen molar-refractivity contribution in [1.82, 2.24) is 4.90 Å². The average Bonchev–Trinajstić information content (AvgIpc) is 2.48. The highest BCUT2D eigenvalue weighted by Gasteiger charge is 2.16. The Labute approximate surface area is 121 Å². The second-order valence-electron chi connectivity index (χ2n) is 5.64. The van der Waals surface area contributed by atoms with Crippen molar-refractivity contribution in [3.05, 3.63) is 28.8 Å². The summed E-state index contributed by atoms with van der Waals surface area (Å²) in [5, 5.41) is 0. The van der Waals surface area contributed by atoms with Gasteiger partial charge < -0.3 is 9.64 Å². The number of hydrogen-bond acceptors (Lipinski definition) is 3. The minimum Gasteiger partial charge on any atom is -0.496 e. The van der Waals surface area contributed by atoms with E-state index in [9.17, 15) is 4.79 Å². The number of nitrogens with zero attached hydrogens (tertiary/aromatic N) is 1. The number of benzene rings is 1. The summed E-state index contributed by atoms with van der Waals surface area (Å²) in [7, 11) is 1.67. The fourth-order valence-electron chi connectivity index (χ4n) is 2.90. The van der Waals surface area contributed by atoms with Crippen molar-refractivity contribution >= 4 is 5.78 Å². The first kappa shape index (κ1) is 15.0. The van der Waals surface area contributed by atoms with Gasteiger partial charge in [0.1, 0.15) is 5.75 Å². The molecule has 1 aromatic carbocycles. The van der Waals surface area contributed by atoms with Crippen LogP contribution in [0.4, 0.5) is 0 Å². The highest BCUT2D eigenvalue weighted by Crippen LogP contribution is 2.24. The van der Waals surface area contributed by atoms with Gasteiger partial charge in [-0.2, -0.15) is 0 Å². The highest BCUT2D eigenvalue weighted by molar-refractivity contribution is 5.98. The molecule has 0 N–H and O–H groups in total. The summed E-state index contributed by atoms with van der Waals surface area (Å²) in [5.74, 6) is 1.11. The lowest BCUT2D eigenvalue weighted by Gasteiger charge is -2.26. The Bertz CT molecular complexity index is 476. The van der Waals surface area contributed by atoms with Gasteiger partial charge in [-0.25, -0.2) is 0 Å². The average molecular weight is 275 g/mol. The lowest BCUT2D eigenvalue weighted by molar-refractivity contribution is 0.0958. The fourth-order valence-corrected chi connectivity index (χ4v) is 2.90. The second kappa shape index (κ2) is 6.89. The van der Waals surface area contributed by atoms with Gasteiger partial charge in [0, 0.05) is 18.5 Å². The molecular formula is C17H25NO2. The van der Waals surface area contributed by atoms with Crippen LogP contribution in [0.5, 0.6) is 5.75 Å². The molecule has 1 aliphatic rings. The molecule has 0 saturated carbocycles. The number of ketones is 1. The lowest BCUT2D eigenvalue weighted by atomic mass is 9.97. The normalized spacial score (nSPS) is 16.1. The number of likely N-dealkylation sites (tertiary alicyclic amines) is 1. The molecule has 0 radical (unpaired) electrons. The van der Waals surface area contributed by atoms with E-state index < -0.39 is 0 Å². The molecule has 1 fully saturated rings. The fraction of sp³-hybridized carbons (Fsp3) is 0.588. The number of hydrogen-bond donors (Lipinski definition) is 0. The van der Waals surface area contributed by atoms with Crippen molar-refractivity contribution in [3.8, 4) is 5.75 Å². The first-order chi connectivity index (χ1) is 9.63. The van der Waals surface area contributed by atoms with Crippen molar-refractivity contribution in [2.24, 2.45) is 0 Å². The molecule has 0 bridgehead atoms. The van der Waals surface area contributed by atoms with Crippen LogP contribution in [0.25, 0.3) is 0 Å². The molecule has 3 nitrogen and oxygen atoms in total. The zero-order valence-electron chi connectivity index (χ0n) is 12.9. The van der Waals surface area contributed by atoms with Crippen molar-refractivity contribution in [1.29, 1.82) is 0 Å². The summed E-state index contributed by atoms with van der Waals surface area (Å²) in [5.41, 5.74) is 2.96. The number of ether oxygens (including phenoxy) is 1. The Morgan fingerprint density at radius 3 is 2.50 bits per heavy atom. The highest BCUT2D eigenvalue weighted by atomic mass is 16.5. The van der Waals surface area contributed by atoms with Gasteiger partial charge in [0.25, 0.3) is 0 Å². The molecular weight excluding hydrogens is 250 g/mol. The molecule has 20 heavy (non-hydrogen) atoms. The molecule has 110 valence electrons. The maximum Gasteiger partial charge on any atom is 0.164 e. The van der Waals surface area contributed by atoms with E-state index in [-0.39, 0.29) is 5.78 Å². The lowest BCUT2D eigenvalue weighted by Crippen LogP contribution is -2.31. The zero-order valence-corrected chi connectivity index (χ0v) is 12.9. The summed E-state index contributed by atoms with van der Waals surface area (Å²) >= 11 is 0. The van der Waals surface area contributed by atoms with Crippen LogP contribution >= 0.6 is 0 Å². The maximum atomic E-state index is 12.4. The van der Waals surface area contributed by atoms with Gasteiger partial charge >= 0.3 is 0 Å². The number of carbonyl (C=O) groups excluding carboxylic acids is 1. The van der Waals surface area contributed by atoms with Gasteiger partial charge in [-0.15, -0.1) is 0 Å². The van der Waals surface area contributed by atoms with E-state index in [2.05, 4.69) is 4.90 Å². The topological polar surface area (TPSA) is 29.5 Å². The van der Waals surface area contributed by atoms with Crippen molar-refractivity contribution < 1.29 is 9.53 Å². The van der Waals surface area contributed by atoms with Crippen LogP contribution in [-0.2, 0) is 0 Å². The Morgan fingerprint density at radius 2 is 1.85 bits per heavy atom. The SMILES string of the molecule is COc1ccc(C(=O)CCN2CCCCC2)c(C)c1C. The van der Waals surface area contributed by atoms with Gasteiger partial charge in [-0.1, -0.05) is 6.42 Å². The van der Waals surface area contributed by atoms with Crippen LogP contribution in [0, 0.1) is 13.8 Å². The maximum absolute atomic E-state index is 12.4. The molecule has 1 aromatic rings. The van der Waals surface area contributed by atoms with E-state index in [4.69, 9.17) is 4.74 Å². The predicted molar refractivity (Wildman–Crippen MR) is 81.7 cm³/mol. The third-order valence-corrected chi connectivity index (χ3v) is 4.36. The Morgan fingerprint density at radius 1 is 1.15 bits per heavy atom. The van der Waals surface area contributed by atoms with Gasteiger partial charge in [-0.05, 0) is 63.0 Å². The number of carbonyl (C=O) groups is 1. The number of rotatable bonds is 5. The minimum absolute atomic E-state index is 0.249. The molecule has 0 aliphatic carbocycles. The zero-order chi connectivity index (χ0) is 14.5. The summed E-state index contributed by atoms with van der Waals surface area (Å²) in [6, 6.07) is 3.80. The van der Waals surface area contributed by atoms with Crippen LogP contribution in [0.2, 0.25) is 0 Å². The molecule has 0 unspecified atom stereocenters. The smallest absolute Gasteiger partial charge is 0.164 e. The monoisotopic (exact) mass is 275 g/mol. The van der Waals surface area contributed by atoms with Crippen molar-refractivity contribution in [3.63, 3.8) is 0 Å². The quantitative estimate of drug-likeness (QED) is 0.772. The van der Waals surface area contributed by atoms with E-state index in [1.807, 2.05) is 26.0 Å². The van der Waals surface area contributed by atoms with E-state index in [0.29, 0.717) is 6.42 Å². The Kier molecular flexibility index (Phi) is 5.18. The standard InChI is InChI=1S/C17H25NO2/c1-13-14(2)17(20-3)8-7-15(13)16(19)9-12-18-10-5-4-6-11-18/h7-8H,4-6,9-12H2,1-3H3. The van der Waals surface area contributed by atoms with Gasteiger partial charge in [0.15, 0.2) is 5.78 Å². The first-order valence-electron chi connectivity index (χ1n) is 7.53. The van der Waals surface area contributed by atoms with Crippen LogP contribution in [0.1, 0.15) is 47.2 Å². The predicted octanol–water partition coefficient (Wildman–Crippen LogP) is 3.37. The third-order valence-electron chi connectivity index (χ3n) is 4.36. The van der Waals surface area contributed by atoms with Crippen molar-refractivity contribution in [2.75, 3.05) is 26.7 Å². The van der Waals surface area contributed by atoms with Crippen LogP contribution in [0.15, 0.2) is 12.1 Å². The molecule has 0 aromatic heterocycles.